The van der Waals surface area contributed by atoms with Gasteiger partial charge >= 0.3 is 18.1 Å². The highest BCUT2D eigenvalue weighted by Gasteiger charge is 2.41. The molecule has 8 nitrogen and oxygen atoms in total. The molecule has 0 saturated heterocycles. The molecule has 0 fully saturated rings. The molecule has 0 amide bonds. The zero-order valence-corrected chi connectivity index (χ0v) is 21.8. The number of aromatic amines is 2. The van der Waals surface area contributed by atoms with Gasteiger partial charge in [0, 0.05) is 33.2 Å². The molecule has 4 rings (SSSR count). The van der Waals surface area contributed by atoms with E-state index in [0.717, 1.165) is 25.3 Å². The Labute approximate surface area is 224 Å². The van der Waals surface area contributed by atoms with Crippen molar-refractivity contribution in [1.29, 1.82) is 0 Å². The van der Waals surface area contributed by atoms with Crippen LogP contribution in [0.2, 0.25) is 0 Å². The minimum Gasteiger partial charge on any atom is -0.507 e. The highest BCUT2D eigenvalue weighted by molar-refractivity contribution is 5.94. The summed E-state index contributed by atoms with van der Waals surface area (Å²) in [6.45, 7) is 1.67. The molecule has 0 bridgehead atoms. The van der Waals surface area contributed by atoms with Crippen LogP contribution in [0.3, 0.4) is 0 Å². The fourth-order valence-corrected chi connectivity index (χ4v) is 4.88. The number of H-pyrrole nitrogens is 2. The number of rotatable bonds is 8. The van der Waals surface area contributed by atoms with Crippen molar-refractivity contribution in [2.24, 2.45) is 0 Å². The number of halogens is 5. The minimum atomic E-state index is -5.04. The molecule has 3 N–H and O–H groups in total. The molecule has 0 aliphatic carbocycles. The van der Waals surface area contributed by atoms with Crippen LogP contribution < -0.4 is 4.74 Å². The van der Waals surface area contributed by atoms with Crippen LogP contribution in [0.1, 0.15) is 33.6 Å². The van der Waals surface area contributed by atoms with Gasteiger partial charge in [-0.2, -0.15) is 13.2 Å². The van der Waals surface area contributed by atoms with Gasteiger partial charge in [0.05, 0.1) is 46.2 Å². The monoisotopic (exact) mass is 568 g/mol. The van der Waals surface area contributed by atoms with Crippen LogP contribution in [0.4, 0.5) is 22.0 Å². The highest BCUT2D eigenvalue weighted by atomic mass is 19.4. The van der Waals surface area contributed by atoms with Crippen molar-refractivity contribution in [3.8, 4) is 11.5 Å². The first-order valence-corrected chi connectivity index (χ1v) is 11.9. The zero-order valence-electron chi connectivity index (χ0n) is 21.8. The van der Waals surface area contributed by atoms with E-state index in [0.29, 0.717) is 16.6 Å². The summed E-state index contributed by atoms with van der Waals surface area (Å²) in [5.41, 5.74) is -1.57. The molecular formula is C27H25F5N2O6. The molecule has 0 saturated carbocycles. The Bertz CT molecular complexity index is 1620. The number of hydrogen-bond donors (Lipinski definition) is 3. The van der Waals surface area contributed by atoms with Crippen molar-refractivity contribution < 1.29 is 50.9 Å². The van der Waals surface area contributed by atoms with Crippen molar-refractivity contribution in [2.75, 3.05) is 21.3 Å². The molecule has 0 atom stereocenters. The van der Waals surface area contributed by atoms with E-state index in [1.165, 1.54) is 20.3 Å². The predicted octanol–water partition coefficient (Wildman–Crippen LogP) is 5.46. The summed E-state index contributed by atoms with van der Waals surface area (Å²) < 4.78 is 88.1. The molecule has 214 valence electrons. The second kappa shape index (κ2) is 10.4. The van der Waals surface area contributed by atoms with Gasteiger partial charge in [0.25, 0.3) is 5.92 Å². The first-order chi connectivity index (χ1) is 18.7. The zero-order chi connectivity index (χ0) is 29.6. The summed E-state index contributed by atoms with van der Waals surface area (Å²) in [6.07, 6.45) is -7.04. The lowest BCUT2D eigenvalue weighted by atomic mass is 9.95. The van der Waals surface area contributed by atoms with Gasteiger partial charge in [-0.25, -0.2) is 8.78 Å². The Hall–Kier alpha value is -4.29. The van der Waals surface area contributed by atoms with E-state index in [-0.39, 0.29) is 34.5 Å². The number of esters is 2. The van der Waals surface area contributed by atoms with Gasteiger partial charge in [-0.15, -0.1) is 0 Å². The van der Waals surface area contributed by atoms with E-state index >= 15 is 8.78 Å². The van der Waals surface area contributed by atoms with E-state index in [1.807, 2.05) is 0 Å². The van der Waals surface area contributed by atoms with E-state index in [9.17, 15) is 27.9 Å². The summed E-state index contributed by atoms with van der Waals surface area (Å²) in [5.74, 6) is -6.53. The molecular weight excluding hydrogens is 543 g/mol. The summed E-state index contributed by atoms with van der Waals surface area (Å²) in [7, 11) is 3.42. The van der Waals surface area contributed by atoms with Gasteiger partial charge < -0.3 is 29.3 Å². The number of hydrogen-bond acceptors (Lipinski definition) is 6. The molecule has 0 aliphatic heterocycles. The van der Waals surface area contributed by atoms with E-state index < -0.39 is 59.1 Å². The Morgan fingerprint density at radius 3 is 2.10 bits per heavy atom. The Kier molecular flexibility index (Phi) is 7.43. The minimum absolute atomic E-state index is 0.110. The average molecular weight is 568 g/mol. The number of fused-ring (bicyclic) bond motifs is 2. The van der Waals surface area contributed by atoms with Crippen molar-refractivity contribution in [3.05, 3.63) is 57.9 Å². The van der Waals surface area contributed by atoms with Crippen LogP contribution in [-0.2, 0) is 50.4 Å². The molecule has 0 aliphatic rings. The number of carbonyl (C=O) groups is 2. The lowest BCUT2D eigenvalue weighted by Crippen LogP contribution is -2.20. The summed E-state index contributed by atoms with van der Waals surface area (Å²) in [5, 5.41) is 9.86. The van der Waals surface area contributed by atoms with Gasteiger partial charge in [0.1, 0.15) is 17.1 Å². The number of methoxy groups -OCH3 is 3. The number of benzene rings is 2. The molecule has 0 unspecified atom stereocenters. The van der Waals surface area contributed by atoms with Crippen molar-refractivity contribution in [3.63, 3.8) is 0 Å². The fourth-order valence-electron chi connectivity index (χ4n) is 4.88. The third kappa shape index (κ3) is 5.15. The SMILES string of the molecule is COC(=O)Cc1c(C)[nH]c2cc(C(F)(F)Cc3[nH]c4ccc(O)c(C(F)(F)F)c4c3CC(=O)OC)c(OC)cc12. The van der Waals surface area contributed by atoms with Gasteiger partial charge in [0.15, 0.2) is 0 Å². The molecule has 0 radical (unpaired) electrons. The summed E-state index contributed by atoms with van der Waals surface area (Å²) in [6, 6.07) is 4.40. The number of ether oxygens (including phenoxy) is 3. The van der Waals surface area contributed by atoms with Crippen LogP contribution in [-0.4, -0.2) is 48.3 Å². The lowest BCUT2D eigenvalue weighted by Gasteiger charge is -2.20. The van der Waals surface area contributed by atoms with Crippen molar-refractivity contribution in [2.45, 2.75) is 38.3 Å². The number of aromatic nitrogens is 2. The predicted molar refractivity (Wildman–Crippen MR) is 134 cm³/mol. The number of aromatic hydroxyl groups is 1. The maximum Gasteiger partial charge on any atom is 0.420 e. The van der Waals surface area contributed by atoms with Crippen LogP contribution in [0.15, 0.2) is 24.3 Å². The first-order valence-electron chi connectivity index (χ1n) is 11.9. The Balaban J connectivity index is 1.88. The van der Waals surface area contributed by atoms with Crippen LogP contribution in [0, 0.1) is 6.92 Å². The topological polar surface area (TPSA) is 114 Å². The van der Waals surface area contributed by atoms with E-state index in [2.05, 4.69) is 14.7 Å². The number of aryl methyl sites for hydroxylation is 1. The van der Waals surface area contributed by atoms with Gasteiger partial charge in [-0.05, 0) is 42.3 Å². The maximum atomic E-state index is 16.0. The number of phenols is 1. The van der Waals surface area contributed by atoms with Crippen LogP contribution >= 0.6 is 0 Å². The molecule has 2 heterocycles. The summed E-state index contributed by atoms with van der Waals surface area (Å²) >= 11 is 0. The normalized spacial score (nSPS) is 12.2. The van der Waals surface area contributed by atoms with Crippen LogP contribution in [0.25, 0.3) is 21.8 Å². The number of alkyl halides is 5. The lowest BCUT2D eigenvalue weighted by molar-refractivity contribution is -0.140. The molecule has 13 heteroatoms. The van der Waals surface area contributed by atoms with E-state index in [4.69, 9.17) is 9.47 Å². The van der Waals surface area contributed by atoms with Gasteiger partial charge in [-0.1, -0.05) is 0 Å². The standard InChI is InChI=1S/C27H25F5N2O6/c1-12-13(8-22(36)39-3)14-7-21(38-2)16(10-18(14)33-12)26(28,29)11-19-15(9-23(37)40-4)24-17(34-19)5-6-20(35)25(24)27(30,31)32/h5-7,10,33-35H,8-9,11H2,1-4H3. The quantitative estimate of drug-likeness (QED) is 0.192. The molecule has 2 aromatic heterocycles. The third-order valence-electron chi connectivity index (χ3n) is 6.75. The van der Waals surface area contributed by atoms with Crippen molar-refractivity contribution in [1.82, 2.24) is 9.97 Å². The number of nitrogens with one attached hydrogen (secondary N) is 2. The second-order valence-electron chi connectivity index (χ2n) is 9.18. The van der Waals surface area contributed by atoms with Crippen molar-refractivity contribution >= 4 is 33.7 Å². The van der Waals surface area contributed by atoms with E-state index in [1.54, 1.807) is 6.92 Å². The molecule has 40 heavy (non-hydrogen) atoms. The van der Waals surface area contributed by atoms with Gasteiger partial charge in [0.2, 0.25) is 0 Å². The molecule has 4 aromatic rings. The molecule has 0 spiro atoms. The fraction of sp³-hybridized carbons (Fsp3) is 0.333. The Morgan fingerprint density at radius 2 is 1.52 bits per heavy atom. The maximum absolute atomic E-state index is 16.0. The second-order valence-corrected chi connectivity index (χ2v) is 9.18. The summed E-state index contributed by atoms with van der Waals surface area (Å²) in [4.78, 5) is 29.5. The largest absolute Gasteiger partial charge is 0.507 e. The molecule has 2 aromatic carbocycles. The van der Waals surface area contributed by atoms with Crippen LogP contribution in [0.5, 0.6) is 11.5 Å². The number of carbonyl (C=O) groups excluding carboxylic acids is 2. The third-order valence-corrected chi connectivity index (χ3v) is 6.75. The van der Waals surface area contributed by atoms with Gasteiger partial charge in [-0.3, -0.25) is 9.59 Å². The first kappa shape index (κ1) is 28.7. The number of phenolic OH excluding ortho intramolecular Hbond substituents is 1. The highest BCUT2D eigenvalue weighted by Crippen LogP contribution is 2.46. The average Bonchev–Trinajstić information content (AvgIpc) is 3.37. The smallest absolute Gasteiger partial charge is 0.420 e. The Morgan fingerprint density at radius 1 is 0.900 bits per heavy atom.